The first kappa shape index (κ1) is 12.8. The fourth-order valence-corrected chi connectivity index (χ4v) is 3.05. The summed E-state index contributed by atoms with van der Waals surface area (Å²) in [6.07, 6.45) is 0. The van der Waals surface area contributed by atoms with Crippen LogP contribution in [-0.2, 0) is 0 Å². The van der Waals surface area contributed by atoms with E-state index in [4.69, 9.17) is 17.3 Å². The quantitative estimate of drug-likeness (QED) is 0.890. The Morgan fingerprint density at radius 1 is 1.41 bits per heavy atom. The van der Waals surface area contributed by atoms with Crippen LogP contribution in [0, 0.1) is 0 Å². The van der Waals surface area contributed by atoms with E-state index >= 15 is 0 Å². The highest BCUT2D eigenvalue weighted by Crippen LogP contribution is 2.32. The van der Waals surface area contributed by atoms with E-state index in [-0.39, 0.29) is 5.92 Å². The molecule has 0 saturated heterocycles. The van der Waals surface area contributed by atoms with Crippen molar-refractivity contribution in [3.05, 3.63) is 26.6 Å². The van der Waals surface area contributed by atoms with Crippen LogP contribution in [-0.4, -0.2) is 9.97 Å². The van der Waals surface area contributed by atoms with E-state index in [1.165, 1.54) is 11.3 Å². The van der Waals surface area contributed by atoms with Gasteiger partial charge in [-0.15, -0.1) is 11.3 Å². The molecule has 2 N–H and O–H groups in total. The second-order valence-electron chi connectivity index (χ2n) is 3.92. The summed E-state index contributed by atoms with van der Waals surface area (Å²) in [4.78, 5) is 9.73. The average molecular weight is 333 g/mol. The Bertz CT molecular complexity index is 554. The average Bonchev–Trinajstić information content (AvgIpc) is 2.68. The first-order chi connectivity index (χ1) is 7.99. The number of nitrogens with zero attached hydrogens (tertiary/aromatic N) is 2. The normalized spacial score (nSPS) is 11.1. The Labute approximate surface area is 117 Å². The number of aromatic nitrogens is 2. The zero-order valence-electron chi connectivity index (χ0n) is 9.37. The number of nitrogens with two attached hydrogens (primary N) is 1. The Balaban J connectivity index is 2.56. The summed E-state index contributed by atoms with van der Waals surface area (Å²) in [5.74, 6) is 1.37. The van der Waals surface area contributed by atoms with Crippen LogP contribution < -0.4 is 5.73 Å². The highest BCUT2D eigenvalue weighted by molar-refractivity contribution is 9.10. The third-order valence-corrected chi connectivity index (χ3v) is 4.32. The molecule has 0 radical (unpaired) electrons. The van der Waals surface area contributed by atoms with Crippen molar-refractivity contribution in [2.75, 3.05) is 5.73 Å². The summed E-state index contributed by atoms with van der Waals surface area (Å²) in [6.45, 7) is 4.13. The largest absolute Gasteiger partial charge is 0.383 e. The second kappa shape index (κ2) is 4.92. The maximum absolute atomic E-state index is 5.90. The molecule has 90 valence electrons. The summed E-state index contributed by atoms with van der Waals surface area (Å²) >= 11 is 10.8. The van der Waals surface area contributed by atoms with Gasteiger partial charge in [-0.25, -0.2) is 9.97 Å². The van der Waals surface area contributed by atoms with Gasteiger partial charge < -0.3 is 5.73 Å². The lowest BCUT2D eigenvalue weighted by Gasteiger charge is -2.10. The smallest absolute Gasteiger partial charge is 0.171 e. The summed E-state index contributed by atoms with van der Waals surface area (Å²) in [5.41, 5.74) is 6.79. The molecule has 0 aliphatic carbocycles. The Morgan fingerprint density at radius 2 is 2.12 bits per heavy atom. The van der Waals surface area contributed by atoms with Crippen molar-refractivity contribution in [1.82, 2.24) is 9.97 Å². The molecule has 2 aromatic rings. The van der Waals surface area contributed by atoms with Gasteiger partial charge in [0.2, 0.25) is 0 Å². The van der Waals surface area contributed by atoms with E-state index in [1.54, 1.807) is 0 Å². The number of thiophene rings is 1. The lowest BCUT2D eigenvalue weighted by molar-refractivity contribution is 0.811. The first-order valence-electron chi connectivity index (χ1n) is 5.06. The molecule has 2 heterocycles. The van der Waals surface area contributed by atoms with Crippen LogP contribution in [0.3, 0.4) is 0 Å². The van der Waals surface area contributed by atoms with Gasteiger partial charge in [0.15, 0.2) is 5.82 Å². The van der Waals surface area contributed by atoms with Crippen LogP contribution in [0.25, 0.3) is 10.7 Å². The number of hydrogen-bond donors (Lipinski definition) is 1. The van der Waals surface area contributed by atoms with Gasteiger partial charge in [-0.05, 0) is 27.9 Å². The Kier molecular flexibility index (Phi) is 3.70. The third kappa shape index (κ3) is 2.61. The monoisotopic (exact) mass is 331 g/mol. The first-order valence-corrected chi connectivity index (χ1v) is 7.11. The molecule has 6 heteroatoms. The minimum absolute atomic E-state index is 0.281. The van der Waals surface area contributed by atoms with Crippen molar-refractivity contribution in [3.8, 4) is 10.7 Å². The molecule has 3 nitrogen and oxygen atoms in total. The molecule has 0 aliphatic rings. The Hall–Kier alpha value is -0.650. The van der Waals surface area contributed by atoms with Gasteiger partial charge in [0.25, 0.3) is 0 Å². The minimum Gasteiger partial charge on any atom is -0.383 e. The maximum Gasteiger partial charge on any atom is 0.171 e. The van der Waals surface area contributed by atoms with Crippen LogP contribution in [0.4, 0.5) is 5.82 Å². The SMILES string of the molecule is CC(C)c1nc(-c2cc(Cl)cs2)nc(N)c1Br. The lowest BCUT2D eigenvalue weighted by Crippen LogP contribution is -2.03. The van der Waals surface area contributed by atoms with Gasteiger partial charge in [0, 0.05) is 5.38 Å². The van der Waals surface area contributed by atoms with Gasteiger partial charge in [-0.1, -0.05) is 25.4 Å². The Morgan fingerprint density at radius 3 is 2.65 bits per heavy atom. The molecule has 2 rings (SSSR count). The number of anilines is 1. The second-order valence-corrected chi connectivity index (χ2v) is 6.06. The van der Waals surface area contributed by atoms with Gasteiger partial charge >= 0.3 is 0 Å². The van der Waals surface area contributed by atoms with Gasteiger partial charge in [-0.3, -0.25) is 0 Å². The molecular formula is C11H11BrClN3S. The molecule has 0 fully saturated rings. The van der Waals surface area contributed by atoms with Gasteiger partial charge in [0.1, 0.15) is 5.82 Å². The van der Waals surface area contributed by atoms with E-state index in [0.717, 1.165) is 15.0 Å². The summed E-state index contributed by atoms with van der Waals surface area (Å²) < 4.78 is 0.777. The number of halogens is 2. The molecule has 0 aliphatic heterocycles. The van der Waals surface area contributed by atoms with Crippen molar-refractivity contribution < 1.29 is 0 Å². The summed E-state index contributed by atoms with van der Waals surface area (Å²) in [6, 6.07) is 1.85. The molecule has 0 bridgehead atoms. The zero-order chi connectivity index (χ0) is 12.6. The topological polar surface area (TPSA) is 51.8 Å². The lowest BCUT2D eigenvalue weighted by atomic mass is 10.1. The molecule has 0 spiro atoms. The maximum atomic E-state index is 5.90. The molecule has 0 atom stereocenters. The van der Waals surface area contributed by atoms with Gasteiger partial charge in [-0.2, -0.15) is 0 Å². The van der Waals surface area contributed by atoms with Crippen LogP contribution in [0.15, 0.2) is 15.9 Å². The fraction of sp³-hybridized carbons (Fsp3) is 0.273. The van der Waals surface area contributed by atoms with E-state index in [0.29, 0.717) is 16.7 Å². The minimum atomic E-state index is 0.281. The molecule has 2 aromatic heterocycles. The molecule has 0 amide bonds. The predicted octanol–water partition coefficient (Wildman–Crippen LogP) is 4.33. The summed E-state index contributed by atoms with van der Waals surface area (Å²) in [7, 11) is 0. The highest BCUT2D eigenvalue weighted by atomic mass is 79.9. The van der Waals surface area contributed by atoms with E-state index in [1.807, 2.05) is 11.4 Å². The highest BCUT2D eigenvalue weighted by Gasteiger charge is 2.15. The molecule has 0 unspecified atom stereocenters. The number of nitrogen functional groups attached to an aromatic ring is 1. The van der Waals surface area contributed by atoms with Crippen LogP contribution in [0.2, 0.25) is 5.02 Å². The van der Waals surface area contributed by atoms with Crippen molar-refractivity contribution in [2.45, 2.75) is 19.8 Å². The molecular weight excluding hydrogens is 322 g/mol. The fourth-order valence-electron chi connectivity index (χ4n) is 1.41. The van der Waals surface area contributed by atoms with E-state index in [9.17, 15) is 0 Å². The van der Waals surface area contributed by atoms with Crippen LogP contribution >= 0.6 is 38.9 Å². The van der Waals surface area contributed by atoms with Crippen molar-refractivity contribution in [2.24, 2.45) is 0 Å². The van der Waals surface area contributed by atoms with Crippen molar-refractivity contribution in [3.63, 3.8) is 0 Å². The predicted molar refractivity (Wildman–Crippen MR) is 76.6 cm³/mol. The van der Waals surface area contributed by atoms with Gasteiger partial charge in [0.05, 0.1) is 20.1 Å². The van der Waals surface area contributed by atoms with Crippen LogP contribution in [0.5, 0.6) is 0 Å². The van der Waals surface area contributed by atoms with Crippen molar-refractivity contribution >= 4 is 44.7 Å². The standard InChI is InChI=1S/C11H11BrClN3S/c1-5(2)9-8(12)10(14)16-11(15-9)7-3-6(13)4-17-7/h3-5H,1-2H3,(H2,14,15,16). The van der Waals surface area contributed by atoms with Crippen molar-refractivity contribution in [1.29, 1.82) is 0 Å². The number of rotatable bonds is 2. The van der Waals surface area contributed by atoms with Crippen LogP contribution in [0.1, 0.15) is 25.5 Å². The molecule has 17 heavy (non-hydrogen) atoms. The zero-order valence-corrected chi connectivity index (χ0v) is 12.5. The molecule has 0 saturated carbocycles. The number of hydrogen-bond acceptors (Lipinski definition) is 4. The summed E-state index contributed by atoms with van der Waals surface area (Å²) in [5, 5.41) is 2.55. The molecule has 0 aromatic carbocycles. The van der Waals surface area contributed by atoms with E-state index in [2.05, 4.69) is 39.7 Å². The third-order valence-electron chi connectivity index (χ3n) is 2.24. The van der Waals surface area contributed by atoms with E-state index < -0.39 is 0 Å².